The molecule has 0 aliphatic carbocycles. The van der Waals surface area contributed by atoms with Gasteiger partial charge in [0.2, 0.25) is 0 Å². The first-order chi connectivity index (χ1) is 13.2. The van der Waals surface area contributed by atoms with Crippen LogP contribution in [0.1, 0.15) is 77.6 Å². The summed E-state index contributed by atoms with van der Waals surface area (Å²) in [5.41, 5.74) is 1.07. The molecule has 0 aliphatic heterocycles. The van der Waals surface area contributed by atoms with Gasteiger partial charge in [0.1, 0.15) is 5.75 Å². The topological polar surface area (TPSA) is 38.8 Å². The maximum absolute atomic E-state index is 11.9. The van der Waals surface area contributed by atoms with Gasteiger partial charge in [-0.25, -0.2) is 0 Å². The summed E-state index contributed by atoms with van der Waals surface area (Å²) in [5, 5.41) is 0. The molecule has 27 heavy (non-hydrogen) atoms. The molecule has 0 atom stereocenters. The van der Waals surface area contributed by atoms with E-state index in [-0.39, 0.29) is 5.97 Å². The van der Waals surface area contributed by atoms with E-state index in [1.165, 1.54) is 51.4 Å². The molecule has 0 saturated heterocycles. The Morgan fingerprint density at radius 1 is 0.889 bits per heavy atom. The molecule has 0 spiro atoms. The summed E-state index contributed by atoms with van der Waals surface area (Å²) in [6.07, 6.45) is 13.3. The van der Waals surface area contributed by atoms with Crippen LogP contribution in [0.3, 0.4) is 0 Å². The van der Waals surface area contributed by atoms with Gasteiger partial charge in [0.05, 0.1) is 20.1 Å². The zero-order chi connectivity index (χ0) is 19.7. The van der Waals surface area contributed by atoms with Gasteiger partial charge >= 0.3 is 5.97 Å². The van der Waals surface area contributed by atoms with Gasteiger partial charge in [0, 0.05) is 19.3 Å². The minimum Gasteiger partial charge on any atom is -0.497 e. The van der Waals surface area contributed by atoms with Crippen molar-refractivity contribution in [2.75, 3.05) is 32.2 Å². The van der Waals surface area contributed by atoms with Gasteiger partial charge in [-0.2, -0.15) is 0 Å². The number of hydrogen-bond acceptors (Lipinski definition) is 4. The third-order valence-corrected chi connectivity index (χ3v) is 4.93. The average molecular weight is 378 g/mol. The molecule has 154 valence electrons. The second-order valence-electron chi connectivity index (χ2n) is 7.27. The summed E-state index contributed by atoms with van der Waals surface area (Å²) in [4.78, 5) is 13.9. The fraction of sp³-hybridized carbons (Fsp3) is 0.696. The van der Waals surface area contributed by atoms with E-state index in [0.717, 1.165) is 24.3 Å². The highest BCUT2D eigenvalue weighted by Crippen LogP contribution is 2.18. The lowest BCUT2D eigenvalue weighted by atomic mass is 10.1. The first kappa shape index (κ1) is 23.3. The van der Waals surface area contributed by atoms with E-state index in [1.807, 2.05) is 31.3 Å². The van der Waals surface area contributed by atoms with E-state index < -0.39 is 0 Å². The molecule has 1 aromatic carbocycles. The van der Waals surface area contributed by atoms with Gasteiger partial charge in [-0.3, -0.25) is 4.79 Å². The molecule has 0 radical (unpaired) electrons. The molecule has 4 nitrogen and oxygen atoms in total. The Labute approximate surface area is 166 Å². The number of rotatable bonds is 16. The number of unbranched alkanes of at least 4 members (excludes halogenated alkanes) is 9. The largest absolute Gasteiger partial charge is 0.497 e. The number of ether oxygens (including phenoxy) is 2. The van der Waals surface area contributed by atoms with Crippen LogP contribution in [0.4, 0.5) is 5.69 Å². The molecule has 0 saturated carbocycles. The summed E-state index contributed by atoms with van der Waals surface area (Å²) < 4.78 is 10.5. The van der Waals surface area contributed by atoms with Crippen LogP contribution in [0.2, 0.25) is 0 Å². The van der Waals surface area contributed by atoms with Gasteiger partial charge < -0.3 is 14.4 Å². The average Bonchev–Trinajstić information content (AvgIpc) is 2.70. The molecule has 0 unspecified atom stereocenters. The van der Waals surface area contributed by atoms with Gasteiger partial charge in [0.15, 0.2) is 0 Å². The summed E-state index contributed by atoms with van der Waals surface area (Å²) >= 11 is 0. The lowest BCUT2D eigenvalue weighted by Crippen LogP contribution is -2.22. The highest BCUT2D eigenvalue weighted by molar-refractivity contribution is 5.70. The molecular weight excluding hydrogens is 338 g/mol. The quantitative estimate of drug-likeness (QED) is 0.262. The molecule has 0 bridgehead atoms. The highest BCUT2D eigenvalue weighted by atomic mass is 16.5. The van der Waals surface area contributed by atoms with Crippen molar-refractivity contribution >= 4 is 11.7 Å². The van der Waals surface area contributed by atoms with Gasteiger partial charge in [-0.15, -0.1) is 0 Å². The van der Waals surface area contributed by atoms with Crippen LogP contribution in [0.25, 0.3) is 0 Å². The van der Waals surface area contributed by atoms with E-state index in [2.05, 4.69) is 11.8 Å². The number of carbonyl (C=O) groups is 1. The Bertz CT molecular complexity index is 487. The van der Waals surface area contributed by atoms with Crippen LogP contribution in [-0.2, 0) is 9.53 Å². The van der Waals surface area contributed by atoms with E-state index in [1.54, 1.807) is 7.11 Å². The van der Waals surface area contributed by atoms with Crippen molar-refractivity contribution < 1.29 is 14.3 Å². The standard InChI is InChI=1S/C23H39NO3/c1-4-5-6-7-8-9-10-11-12-13-20-27-23(25)18-19-24(2)21-14-16-22(26-3)17-15-21/h14-17H,4-13,18-20H2,1-3H3. The Morgan fingerprint density at radius 2 is 1.44 bits per heavy atom. The molecule has 1 aromatic rings. The lowest BCUT2D eigenvalue weighted by molar-refractivity contribution is -0.143. The Morgan fingerprint density at radius 3 is 2.00 bits per heavy atom. The van der Waals surface area contributed by atoms with E-state index in [9.17, 15) is 4.79 Å². The predicted octanol–water partition coefficient (Wildman–Crippen LogP) is 5.99. The number of methoxy groups -OCH3 is 1. The van der Waals surface area contributed by atoms with Gasteiger partial charge in [0.25, 0.3) is 0 Å². The molecule has 4 heteroatoms. The van der Waals surface area contributed by atoms with Crippen LogP contribution in [0.15, 0.2) is 24.3 Å². The number of carbonyl (C=O) groups excluding carboxylic acids is 1. The minimum atomic E-state index is -0.105. The maximum atomic E-state index is 11.9. The molecule has 1 rings (SSSR count). The third-order valence-electron chi connectivity index (χ3n) is 4.93. The molecule has 0 heterocycles. The van der Waals surface area contributed by atoms with Gasteiger partial charge in [-0.05, 0) is 30.7 Å². The molecular formula is C23H39NO3. The lowest BCUT2D eigenvalue weighted by Gasteiger charge is -2.19. The van der Waals surface area contributed by atoms with Crippen LogP contribution < -0.4 is 9.64 Å². The number of hydrogen-bond donors (Lipinski definition) is 0. The molecule has 0 N–H and O–H groups in total. The van der Waals surface area contributed by atoms with Crippen LogP contribution in [0.5, 0.6) is 5.75 Å². The van der Waals surface area contributed by atoms with Crippen molar-refractivity contribution in [3.05, 3.63) is 24.3 Å². The summed E-state index contributed by atoms with van der Waals surface area (Å²) in [6, 6.07) is 7.84. The predicted molar refractivity (Wildman–Crippen MR) is 114 cm³/mol. The summed E-state index contributed by atoms with van der Waals surface area (Å²) in [5.74, 6) is 0.731. The number of anilines is 1. The normalized spacial score (nSPS) is 10.6. The molecule has 0 aromatic heterocycles. The van der Waals surface area contributed by atoms with Crippen molar-refractivity contribution in [3.8, 4) is 5.75 Å². The first-order valence-electron chi connectivity index (χ1n) is 10.7. The zero-order valence-corrected chi connectivity index (χ0v) is 17.7. The fourth-order valence-electron chi connectivity index (χ4n) is 3.07. The zero-order valence-electron chi connectivity index (χ0n) is 17.7. The Kier molecular flexibility index (Phi) is 13.3. The molecule has 0 amide bonds. The number of benzene rings is 1. The van der Waals surface area contributed by atoms with E-state index >= 15 is 0 Å². The first-order valence-corrected chi connectivity index (χ1v) is 10.7. The van der Waals surface area contributed by atoms with Crippen molar-refractivity contribution in [1.29, 1.82) is 0 Å². The molecule has 0 fully saturated rings. The van der Waals surface area contributed by atoms with Crippen LogP contribution in [0, 0.1) is 0 Å². The second kappa shape index (κ2) is 15.4. The van der Waals surface area contributed by atoms with Crippen LogP contribution in [-0.4, -0.2) is 33.3 Å². The van der Waals surface area contributed by atoms with E-state index in [0.29, 0.717) is 19.6 Å². The smallest absolute Gasteiger partial charge is 0.307 e. The van der Waals surface area contributed by atoms with Crippen molar-refractivity contribution in [3.63, 3.8) is 0 Å². The second-order valence-corrected chi connectivity index (χ2v) is 7.27. The number of nitrogens with zero attached hydrogens (tertiary/aromatic N) is 1. The summed E-state index contributed by atoms with van der Waals surface area (Å²) in [7, 11) is 3.64. The third kappa shape index (κ3) is 11.6. The van der Waals surface area contributed by atoms with Crippen molar-refractivity contribution in [1.82, 2.24) is 0 Å². The minimum absolute atomic E-state index is 0.105. The Hall–Kier alpha value is -1.71. The number of esters is 1. The summed E-state index contributed by atoms with van der Waals surface area (Å²) in [6.45, 7) is 3.47. The highest BCUT2D eigenvalue weighted by Gasteiger charge is 2.07. The van der Waals surface area contributed by atoms with Crippen molar-refractivity contribution in [2.45, 2.75) is 77.6 Å². The Balaban J connectivity index is 1.97. The van der Waals surface area contributed by atoms with Gasteiger partial charge in [-0.1, -0.05) is 64.7 Å². The van der Waals surface area contributed by atoms with Crippen molar-refractivity contribution in [2.24, 2.45) is 0 Å². The SMILES string of the molecule is CCCCCCCCCCCCOC(=O)CCN(C)c1ccc(OC)cc1. The van der Waals surface area contributed by atoms with E-state index in [4.69, 9.17) is 9.47 Å². The fourth-order valence-corrected chi connectivity index (χ4v) is 3.07. The monoisotopic (exact) mass is 377 g/mol. The maximum Gasteiger partial charge on any atom is 0.307 e. The molecule has 0 aliphatic rings. The van der Waals surface area contributed by atoms with Crippen LogP contribution >= 0.6 is 0 Å².